The molecular formula is C19H28N2O3S. The summed E-state index contributed by atoms with van der Waals surface area (Å²) >= 11 is 1.55. The number of thiophene rings is 1. The van der Waals surface area contributed by atoms with Crippen LogP contribution in [0.1, 0.15) is 53.9 Å². The number of carbonyl (C=O) groups excluding carboxylic acids is 2. The van der Waals surface area contributed by atoms with Gasteiger partial charge in [-0.05, 0) is 62.6 Å². The molecule has 138 valence electrons. The van der Waals surface area contributed by atoms with Crippen LogP contribution in [0.3, 0.4) is 0 Å². The van der Waals surface area contributed by atoms with Crippen molar-refractivity contribution in [3.8, 4) is 0 Å². The normalized spacial score (nSPS) is 21.6. The van der Waals surface area contributed by atoms with Gasteiger partial charge in [0.05, 0.1) is 19.2 Å². The second-order valence-electron chi connectivity index (χ2n) is 7.55. The van der Waals surface area contributed by atoms with Crippen molar-refractivity contribution < 1.29 is 14.3 Å². The van der Waals surface area contributed by atoms with Crippen LogP contribution in [0.4, 0.5) is 5.00 Å². The summed E-state index contributed by atoms with van der Waals surface area (Å²) in [5.74, 6) is 0.993. The van der Waals surface area contributed by atoms with E-state index >= 15 is 0 Å². The first-order valence-electron chi connectivity index (χ1n) is 9.23. The third-order valence-electron chi connectivity index (χ3n) is 5.40. The zero-order valence-corrected chi connectivity index (χ0v) is 16.2. The average molecular weight is 365 g/mol. The molecule has 0 aromatic carbocycles. The Hall–Kier alpha value is -1.40. The van der Waals surface area contributed by atoms with E-state index in [4.69, 9.17) is 4.74 Å². The maximum absolute atomic E-state index is 12.5. The lowest BCUT2D eigenvalue weighted by Crippen LogP contribution is -2.38. The van der Waals surface area contributed by atoms with Crippen LogP contribution in [0.5, 0.6) is 0 Å². The summed E-state index contributed by atoms with van der Waals surface area (Å²) in [7, 11) is 1.40. The van der Waals surface area contributed by atoms with E-state index in [1.54, 1.807) is 11.3 Å². The molecule has 2 aliphatic rings. The van der Waals surface area contributed by atoms with Crippen LogP contribution in [-0.2, 0) is 22.4 Å². The van der Waals surface area contributed by atoms with Crippen LogP contribution in [0.25, 0.3) is 0 Å². The smallest absolute Gasteiger partial charge is 0.341 e. The van der Waals surface area contributed by atoms with Gasteiger partial charge in [0.25, 0.3) is 0 Å². The summed E-state index contributed by atoms with van der Waals surface area (Å²) in [5.41, 5.74) is 1.66. The number of carbonyl (C=O) groups is 2. The van der Waals surface area contributed by atoms with Gasteiger partial charge in [0.1, 0.15) is 5.00 Å². The van der Waals surface area contributed by atoms with Crippen LogP contribution in [-0.4, -0.2) is 43.5 Å². The summed E-state index contributed by atoms with van der Waals surface area (Å²) < 4.78 is 4.98. The van der Waals surface area contributed by atoms with Crippen LogP contribution < -0.4 is 5.32 Å². The van der Waals surface area contributed by atoms with Gasteiger partial charge in [0, 0.05) is 4.88 Å². The monoisotopic (exact) mass is 364 g/mol. The van der Waals surface area contributed by atoms with Crippen LogP contribution in [0.15, 0.2) is 0 Å². The number of nitrogens with one attached hydrogen (secondary N) is 1. The number of amides is 1. The predicted molar refractivity (Wildman–Crippen MR) is 100 cm³/mol. The van der Waals surface area contributed by atoms with Gasteiger partial charge in [-0.15, -0.1) is 11.3 Å². The third kappa shape index (κ3) is 4.23. The number of likely N-dealkylation sites (tertiary alicyclic amines) is 1. The molecule has 1 aromatic rings. The maximum Gasteiger partial charge on any atom is 0.341 e. The number of ether oxygens (including phenoxy) is 1. The van der Waals surface area contributed by atoms with Crippen LogP contribution in [0.2, 0.25) is 0 Å². The summed E-state index contributed by atoms with van der Waals surface area (Å²) in [5, 5.41) is 3.66. The first kappa shape index (κ1) is 18.4. The Balaban J connectivity index is 1.73. The highest BCUT2D eigenvalue weighted by Crippen LogP contribution is 2.40. The van der Waals surface area contributed by atoms with Crippen molar-refractivity contribution in [1.29, 1.82) is 0 Å². The number of anilines is 1. The molecule has 1 aliphatic carbocycles. The predicted octanol–water partition coefficient (Wildman–Crippen LogP) is 3.33. The van der Waals surface area contributed by atoms with Gasteiger partial charge in [-0.2, -0.15) is 0 Å². The number of rotatable bonds is 4. The number of piperidine rings is 1. The van der Waals surface area contributed by atoms with E-state index in [9.17, 15) is 9.59 Å². The van der Waals surface area contributed by atoms with E-state index in [0.29, 0.717) is 23.0 Å². The van der Waals surface area contributed by atoms with E-state index < -0.39 is 0 Å². The number of esters is 1. The number of hydrogen-bond acceptors (Lipinski definition) is 5. The Morgan fingerprint density at radius 3 is 2.60 bits per heavy atom. The summed E-state index contributed by atoms with van der Waals surface area (Å²) in [6.07, 6.45) is 5.23. The Labute approximate surface area is 153 Å². The number of hydrogen-bond donors (Lipinski definition) is 1. The molecule has 1 amide bonds. The van der Waals surface area contributed by atoms with E-state index in [1.807, 2.05) is 0 Å². The molecule has 0 saturated carbocycles. The van der Waals surface area contributed by atoms with Gasteiger partial charge in [0.2, 0.25) is 5.91 Å². The summed E-state index contributed by atoms with van der Waals surface area (Å²) in [4.78, 5) is 28.2. The van der Waals surface area contributed by atoms with Gasteiger partial charge in [-0.3, -0.25) is 9.69 Å². The molecule has 5 nitrogen and oxygen atoms in total. The van der Waals surface area contributed by atoms with E-state index in [-0.39, 0.29) is 11.9 Å². The largest absolute Gasteiger partial charge is 0.465 e. The maximum atomic E-state index is 12.5. The summed E-state index contributed by atoms with van der Waals surface area (Å²) in [6.45, 7) is 6.83. The van der Waals surface area contributed by atoms with Gasteiger partial charge < -0.3 is 10.1 Å². The van der Waals surface area contributed by atoms with Crippen LogP contribution in [0, 0.1) is 11.8 Å². The Morgan fingerprint density at radius 2 is 1.92 bits per heavy atom. The third-order valence-corrected chi connectivity index (χ3v) is 6.57. The van der Waals surface area contributed by atoms with Crippen LogP contribution >= 0.6 is 11.3 Å². The molecular weight excluding hydrogens is 336 g/mol. The number of nitrogens with zero attached hydrogens (tertiary/aromatic N) is 1. The lowest BCUT2D eigenvalue weighted by Gasteiger charge is -2.29. The Bertz CT molecular complexity index is 647. The van der Waals surface area contributed by atoms with Crippen molar-refractivity contribution in [1.82, 2.24) is 4.90 Å². The molecule has 6 heteroatoms. The molecule has 1 N–H and O–H groups in total. The van der Waals surface area contributed by atoms with Gasteiger partial charge in [-0.1, -0.05) is 13.8 Å². The van der Waals surface area contributed by atoms with Gasteiger partial charge in [0.15, 0.2) is 0 Å². The minimum absolute atomic E-state index is 0.0358. The first-order valence-corrected chi connectivity index (χ1v) is 10.0. The molecule has 3 rings (SSSR count). The highest BCUT2D eigenvalue weighted by atomic mass is 32.1. The van der Waals surface area contributed by atoms with E-state index in [2.05, 4.69) is 24.1 Å². The molecule has 0 spiro atoms. The molecule has 1 atom stereocenters. The number of methoxy groups -OCH3 is 1. The highest BCUT2D eigenvalue weighted by molar-refractivity contribution is 7.17. The average Bonchev–Trinajstić information content (AvgIpc) is 2.92. The van der Waals surface area contributed by atoms with Crippen molar-refractivity contribution in [3.63, 3.8) is 0 Å². The molecule has 2 heterocycles. The van der Waals surface area contributed by atoms with Crippen molar-refractivity contribution in [2.45, 2.75) is 46.0 Å². The quantitative estimate of drug-likeness (QED) is 0.833. The van der Waals surface area contributed by atoms with Gasteiger partial charge >= 0.3 is 5.97 Å². The molecule has 0 bridgehead atoms. The lowest BCUT2D eigenvalue weighted by atomic mass is 9.88. The second-order valence-corrected chi connectivity index (χ2v) is 8.66. The minimum Gasteiger partial charge on any atom is -0.465 e. The molecule has 1 fully saturated rings. The molecule has 1 saturated heterocycles. The fraction of sp³-hybridized carbons (Fsp3) is 0.684. The Kier molecular flexibility index (Phi) is 5.79. The van der Waals surface area contributed by atoms with E-state index in [1.165, 1.54) is 12.0 Å². The zero-order chi connectivity index (χ0) is 18.0. The standard InChI is InChI=1S/C19H28N2O3S/c1-12-6-8-21(9-7-12)11-16(22)20-18-17(19(23)24-3)14-5-4-13(2)10-15(14)25-18/h12-13H,4-11H2,1-3H3,(H,20,22). The zero-order valence-electron chi connectivity index (χ0n) is 15.4. The molecule has 1 aromatic heterocycles. The fourth-order valence-electron chi connectivity index (χ4n) is 3.75. The SMILES string of the molecule is COC(=O)c1c(NC(=O)CN2CCC(C)CC2)sc2c1CCC(C)C2. The molecule has 0 radical (unpaired) electrons. The second kappa shape index (κ2) is 7.87. The minimum atomic E-state index is -0.339. The topological polar surface area (TPSA) is 58.6 Å². The molecule has 1 unspecified atom stereocenters. The van der Waals surface area contributed by atoms with Gasteiger partial charge in [-0.25, -0.2) is 4.79 Å². The van der Waals surface area contributed by atoms with Crippen molar-refractivity contribution in [2.75, 3.05) is 32.1 Å². The van der Waals surface area contributed by atoms with Crippen molar-refractivity contribution in [3.05, 3.63) is 16.0 Å². The molecule has 25 heavy (non-hydrogen) atoms. The lowest BCUT2D eigenvalue weighted by molar-refractivity contribution is -0.117. The first-order chi connectivity index (χ1) is 12.0. The van der Waals surface area contributed by atoms with Crippen molar-refractivity contribution in [2.24, 2.45) is 11.8 Å². The number of fused-ring (bicyclic) bond motifs is 1. The Morgan fingerprint density at radius 1 is 1.20 bits per heavy atom. The summed E-state index contributed by atoms with van der Waals surface area (Å²) in [6, 6.07) is 0. The van der Waals surface area contributed by atoms with E-state index in [0.717, 1.165) is 56.7 Å². The highest BCUT2D eigenvalue weighted by Gasteiger charge is 2.29. The fourth-order valence-corrected chi connectivity index (χ4v) is 5.16. The van der Waals surface area contributed by atoms with Crippen molar-refractivity contribution >= 4 is 28.2 Å². The molecule has 1 aliphatic heterocycles.